The van der Waals surface area contributed by atoms with Crippen LogP contribution in [0.2, 0.25) is 0 Å². The van der Waals surface area contributed by atoms with Crippen LogP contribution in [0.15, 0.2) is 28.7 Å². The molecule has 0 saturated carbocycles. The van der Waals surface area contributed by atoms with Crippen molar-refractivity contribution in [2.24, 2.45) is 5.73 Å². The maximum atomic E-state index is 13.9. The van der Waals surface area contributed by atoms with E-state index < -0.39 is 11.7 Å². The molecule has 0 aromatic heterocycles. The third-order valence-electron chi connectivity index (χ3n) is 2.41. The summed E-state index contributed by atoms with van der Waals surface area (Å²) in [6, 6.07) is 7.18. The van der Waals surface area contributed by atoms with Crippen LogP contribution in [0.1, 0.15) is 19.4 Å². The first-order valence-electron chi connectivity index (χ1n) is 4.61. The van der Waals surface area contributed by atoms with Crippen LogP contribution < -0.4 is 5.73 Å². The van der Waals surface area contributed by atoms with E-state index >= 15 is 0 Å². The van der Waals surface area contributed by atoms with Crippen LogP contribution in [0.5, 0.6) is 0 Å². The predicted octanol–water partition coefficient (Wildman–Crippen LogP) is 3.07. The van der Waals surface area contributed by atoms with E-state index in [1.165, 1.54) is 0 Å². The summed E-state index contributed by atoms with van der Waals surface area (Å²) >= 11 is 3.34. The van der Waals surface area contributed by atoms with Gasteiger partial charge in [-0.05, 0) is 31.5 Å². The molecule has 0 aliphatic heterocycles. The second-order valence-electron chi connectivity index (χ2n) is 3.87. The molecule has 0 amide bonds. The molecule has 0 saturated heterocycles. The highest BCUT2D eigenvalue weighted by Gasteiger charge is 2.28. The van der Waals surface area contributed by atoms with Crippen molar-refractivity contribution in [3.63, 3.8) is 0 Å². The van der Waals surface area contributed by atoms with Gasteiger partial charge in [0.1, 0.15) is 5.67 Å². The van der Waals surface area contributed by atoms with Crippen LogP contribution in [0, 0.1) is 0 Å². The van der Waals surface area contributed by atoms with Gasteiger partial charge in [-0.1, -0.05) is 28.1 Å². The van der Waals surface area contributed by atoms with Crippen LogP contribution in [-0.2, 0) is 6.42 Å². The molecule has 0 aliphatic carbocycles. The Bertz CT molecular complexity index is 293. The molecule has 2 atom stereocenters. The Morgan fingerprint density at radius 3 is 2.36 bits per heavy atom. The van der Waals surface area contributed by atoms with Crippen molar-refractivity contribution >= 4 is 15.9 Å². The van der Waals surface area contributed by atoms with Gasteiger partial charge in [-0.2, -0.15) is 0 Å². The molecule has 1 nitrogen and oxygen atoms in total. The summed E-state index contributed by atoms with van der Waals surface area (Å²) in [7, 11) is 0. The van der Waals surface area contributed by atoms with Gasteiger partial charge in [-0.3, -0.25) is 0 Å². The topological polar surface area (TPSA) is 26.0 Å². The average molecular weight is 260 g/mol. The van der Waals surface area contributed by atoms with Crippen molar-refractivity contribution in [2.45, 2.75) is 32.0 Å². The van der Waals surface area contributed by atoms with Gasteiger partial charge in [0.2, 0.25) is 0 Å². The minimum atomic E-state index is -1.34. The van der Waals surface area contributed by atoms with Gasteiger partial charge in [-0.15, -0.1) is 0 Å². The summed E-state index contributed by atoms with van der Waals surface area (Å²) in [5, 5.41) is 0. The standard InChI is InChI=1S/C11H15BrFN/c1-8(14)11(2,13)7-9-3-5-10(12)6-4-9/h3-6,8H,7,14H2,1-2H3. The Kier molecular flexibility index (Phi) is 3.67. The molecule has 1 aromatic rings. The molecule has 2 N–H and O–H groups in total. The number of rotatable bonds is 3. The molecule has 78 valence electrons. The fourth-order valence-corrected chi connectivity index (χ4v) is 1.43. The molecule has 1 rings (SSSR count). The van der Waals surface area contributed by atoms with Gasteiger partial charge in [-0.25, -0.2) is 4.39 Å². The second-order valence-corrected chi connectivity index (χ2v) is 4.79. The van der Waals surface area contributed by atoms with Crippen LogP contribution in [0.3, 0.4) is 0 Å². The molecule has 0 heterocycles. The monoisotopic (exact) mass is 259 g/mol. The summed E-state index contributed by atoms with van der Waals surface area (Å²) in [5.41, 5.74) is 5.19. The number of nitrogens with two attached hydrogens (primary N) is 1. The lowest BCUT2D eigenvalue weighted by Gasteiger charge is -2.24. The Morgan fingerprint density at radius 2 is 1.93 bits per heavy atom. The first-order valence-corrected chi connectivity index (χ1v) is 5.40. The van der Waals surface area contributed by atoms with Gasteiger partial charge in [0.15, 0.2) is 0 Å². The zero-order valence-electron chi connectivity index (χ0n) is 8.43. The lowest BCUT2D eigenvalue weighted by Crippen LogP contribution is -2.41. The van der Waals surface area contributed by atoms with Gasteiger partial charge in [0, 0.05) is 16.9 Å². The third kappa shape index (κ3) is 3.07. The summed E-state index contributed by atoms with van der Waals surface area (Å²) in [4.78, 5) is 0. The molecular formula is C11H15BrFN. The number of alkyl halides is 1. The molecule has 0 radical (unpaired) electrons. The lowest BCUT2D eigenvalue weighted by molar-refractivity contribution is 0.157. The molecule has 14 heavy (non-hydrogen) atoms. The van der Waals surface area contributed by atoms with E-state index in [0.717, 1.165) is 10.0 Å². The smallest absolute Gasteiger partial charge is 0.127 e. The van der Waals surface area contributed by atoms with Crippen molar-refractivity contribution in [3.05, 3.63) is 34.3 Å². The lowest BCUT2D eigenvalue weighted by atomic mass is 9.92. The van der Waals surface area contributed by atoms with E-state index in [4.69, 9.17) is 5.73 Å². The summed E-state index contributed by atoms with van der Waals surface area (Å²) in [6.07, 6.45) is 0.359. The van der Waals surface area contributed by atoms with Gasteiger partial charge >= 0.3 is 0 Å². The summed E-state index contributed by atoms with van der Waals surface area (Å²) in [5.74, 6) is 0. The molecule has 0 spiro atoms. The van der Waals surface area contributed by atoms with Crippen LogP contribution in [0.25, 0.3) is 0 Å². The summed E-state index contributed by atoms with van der Waals surface area (Å²) in [6.45, 7) is 3.23. The first kappa shape index (κ1) is 11.7. The fraction of sp³-hybridized carbons (Fsp3) is 0.455. The van der Waals surface area contributed by atoms with Crippen molar-refractivity contribution in [3.8, 4) is 0 Å². The van der Waals surface area contributed by atoms with Gasteiger partial charge in [0.05, 0.1) is 0 Å². The van der Waals surface area contributed by atoms with E-state index in [2.05, 4.69) is 15.9 Å². The first-order chi connectivity index (χ1) is 6.42. The molecule has 0 bridgehead atoms. The molecular weight excluding hydrogens is 245 g/mol. The van der Waals surface area contributed by atoms with E-state index in [1.807, 2.05) is 24.3 Å². The number of benzene rings is 1. The predicted molar refractivity (Wildman–Crippen MR) is 61.0 cm³/mol. The van der Waals surface area contributed by atoms with Crippen LogP contribution in [-0.4, -0.2) is 11.7 Å². The normalized spacial score (nSPS) is 17.5. The van der Waals surface area contributed by atoms with Crippen molar-refractivity contribution in [2.75, 3.05) is 0 Å². The fourth-order valence-electron chi connectivity index (χ4n) is 1.16. The Labute approximate surface area is 92.6 Å². The van der Waals surface area contributed by atoms with Gasteiger partial charge < -0.3 is 5.73 Å². The average Bonchev–Trinajstić information content (AvgIpc) is 2.08. The minimum absolute atomic E-state index is 0.359. The van der Waals surface area contributed by atoms with E-state index in [-0.39, 0.29) is 0 Å². The van der Waals surface area contributed by atoms with E-state index in [1.54, 1.807) is 13.8 Å². The Morgan fingerprint density at radius 1 is 1.43 bits per heavy atom. The molecule has 2 unspecified atom stereocenters. The van der Waals surface area contributed by atoms with Crippen molar-refractivity contribution in [1.29, 1.82) is 0 Å². The quantitative estimate of drug-likeness (QED) is 0.888. The largest absolute Gasteiger partial charge is 0.325 e. The van der Waals surface area contributed by atoms with E-state index in [9.17, 15) is 4.39 Å². The maximum Gasteiger partial charge on any atom is 0.127 e. The second kappa shape index (κ2) is 4.41. The molecule has 0 aliphatic rings. The van der Waals surface area contributed by atoms with Crippen molar-refractivity contribution < 1.29 is 4.39 Å². The zero-order chi connectivity index (χ0) is 10.8. The molecule has 3 heteroatoms. The van der Waals surface area contributed by atoms with E-state index in [0.29, 0.717) is 6.42 Å². The highest BCUT2D eigenvalue weighted by molar-refractivity contribution is 9.10. The number of hydrogen-bond donors (Lipinski definition) is 1. The third-order valence-corrected chi connectivity index (χ3v) is 2.94. The summed E-state index contributed by atoms with van der Waals surface area (Å²) < 4.78 is 14.9. The highest BCUT2D eigenvalue weighted by atomic mass is 79.9. The zero-order valence-corrected chi connectivity index (χ0v) is 10.0. The Balaban J connectivity index is 2.74. The van der Waals surface area contributed by atoms with Crippen molar-refractivity contribution in [1.82, 2.24) is 0 Å². The maximum absolute atomic E-state index is 13.9. The van der Waals surface area contributed by atoms with Gasteiger partial charge in [0.25, 0.3) is 0 Å². The molecule has 1 aromatic carbocycles. The highest BCUT2D eigenvalue weighted by Crippen LogP contribution is 2.21. The number of hydrogen-bond acceptors (Lipinski definition) is 1. The number of halogens is 2. The Hall–Kier alpha value is -0.410. The van der Waals surface area contributed by atoms with Crippen LogP contribution >= 0.6 is 15.9 Å². The SMILES string of the molecule is CC(N)C(C)(F)Cc1ccc(Br)cc1. The van der Waals surface area contributed by atoms with Crippen LogP contribution in [0.4, 0.5) is 4.39 Å². The molecule has 0 fully saturated rings. The minimum Gasteiger partial charge on any atom is -0.325 e.